The predicted octanol–water partition coefficient (Wildman–Crippen LogP) is 4.80. The predicted molar refractivity (Wildman–Crippen MR) is 138 cm³/mol. The van der Waals surface area contributed by atoms with E-state index in [1.807, 2.05) is 29.7 Å². The second-order valence-corrected chi connectivity index (χ2v) is 9.50. The fourth-order valence-corrected chi connectivity index (χ4v) is 5.02. The summed E-state index contributed by atoms with van der Waals surface area (Å²) in [6.07, 6.45) is 5.26. The van der Waals surface area contributed by atoms with Crippen molar-refractivity contribution in [1.82, 2.24) is 14.5 Å². The summed E-state index contributed by atoms with van der Waals surface area (Å²) in [5.74, 6) is -0.264. The number of nitrogens with zero attached hydrogens (tertiary/aromatic N) is 4. The molecule has 0 radical (unpaired) electrons. The molecular formula is C27H30N4O3S. The van der Waals surface area contributed by atoms with Crippen LogP contribution in [0.1, 0.15) is 65.0 Å². The van der Waals surface area contributed by atoms with Crippen LogP contribution in [0, 0.1) is 18.3 Å². The fourth-order valence-electron chi connectivity index (χ4n) is 4.72. The van der Waals surface area contributed by atoms with Gasteiger partial charge in [-0.3, -0.25) is 19.5 Å². The van der Waals surface area contributed by atoms with Gasteiger partial charge in [0.1, 0.15) is 0 Å². The summed E-state index contributed by atoms with van der Waals surface area (Å²) in [7, 11) is 0. The molecule has 4 rings (SSSR count). The number of carbonyl (C=O) groups is 2. The van der Waals surface area contributed by atoms with Gasteiger partial charge in [0.05, 0.1) is 47.8 Å². The molecule has 1 fully saturated rings. The average Bonchev–Trinajstić information content (AvgIpc) is 3.15. The number of carbonyl (C=O) groups excluding carboxylic acids is 2. The van der Waals surface area contributed by atoms with Gasteiger partial charge in [0, 0.05) is 22.8 Å². The Labute approximate surface area is 211 Å². The van der Waals surface area contributed by atoms with Crippen LogP contribution >= 0.6 is 12.6 Å². The van der Waals surface area contributed by atoms with Crippen LogP contribution in [-0.4, -0.2) is 52.4 Å². The highest BCUT2D eigenvalue weighted by molar-refractivity contribution is 7.80. The Hall–Kier alpha value is -3.15. The van der Waals surface area contributed by atoms with Crippen LogP contribution in [0.25, 0.3) is 16.7 Å². The molecule has 182 valence electrons. The van der Waals surface area contributed by atoms with Crippen molar-refractivity contribution < 1.29 is 14.3 Å². The number of hydrogen-bond acceptors (Lipinski definition) is 7. The number of likely N-dealkylation sites (tertiary alicyclic amines) is 1. The van der Waals surface area contributed by atoms with E-state index >= 15 is 0 Å². The number of rotatable bonds is 8. The van der Waals surface area contributed by atoms with Gasteiger partial charge >= 0.3 is 5.97 Å². The molecule has 2 aromatic heterocycles. The first-order valence-electron chi connectivity index (χ1n) is 12.0. The number of fused-ring (bicyclic) bond motifs is 1. The standard InChI is InChI=1S/C27H30N4O3S/c1-3-34-25(33)14-24(35)20-13-22-27(29-16-20)26(23(32)17-30-11-5-4-6-12-30)18(2)31(22)21-9-7-19(15-28)8-10-21/h7-10,13,16,24,35H,3-6,11-12,14,17H2,1-2H3. The number of pyridine rings is 1. The molecule has 0 bridgehead atoms. The lowest BCUT2D eigenvalue weighted by Gasteiger charge is -2.25. The molecule has 35 heavy (non-hydrogen) atoms. The number of aromatic nitrogens is 2. The Bertz CT molecular complexity index is 1270. The van der Waals surface area contributed by atoms with Crippen LogP contribution in [0.5, 0.6) is 0 Å². The van der Waals surface area contributed by atoms with E-state index < -0.39 is 0 Å². The molecular weight excluding hydrogens is 460 g/mol. The molecule has 0 N–H and O–H groups in total. The SMILES string of the molecule is CCOC(=O)CC(S)c1cnc2c(C(=O)CN3CCCCC3)c(C)n(-c3ccc(C#N)cc3)c2c1. The van der Waals surface area contributed by atoms with E-state index in [4.69, 9.17) is 9.72 Å². The number of ether oxygens (including phenoxy) is 1. The highest BCUT2D eigenvalue weighted by atomic mass is 32.1. The van der Waals surface area contributed by atoms with Gasteiger partial charge in [-0.25, -0.2) is 0 Å². The minimum atomic E-state index is -0.386. The Morgan fingerprint density at radius 1 is 1.20 bits per heavy atom. The number of hydrogen-bond donors (Lipinski definition) is 1. The van der Waals surface area contributed by atoms with Crippen molar-refractivity contribution in [2.45, 2.75) is 44.8 Å². The monoisotopic (exact) mass is 490 g/mol. The zero-order valence-electron chi connectivity index (χ0n) is 20.2. The second kappa shape index (κ2) is 11.1. The molecule has 0 amide bonds. The van der Waals surface area contributed by atoms with Crippen molar-refractivity contribution in [1.29, 1.82) is 5.26 Å². The molecule has 3 aromatic rings. The van der Waals surface area contributed by atoms with Gasteiger partial charge in [0.15, 0.2) is 5.78 Å². The van der Waals surface area contributed by atoms with Crippen molar-refractivity contribution >= 4 is 35.4 Å². The molecule has 1 saturated heterocycles. The van der Waals surface area contributed by atoms with E-state index in [1.165, 1.54) is 6.42 Å². The van der Waals surface area contributed by atoms with Crippen LogP contribution in [0.4, 0.5) is 0 Å². The minimum absolute atomic E-state index is 0.0518. The molecule has 1 aliphatic rings. The lowest BCUT2D eigenvalue weighted by Crippen LogP contribution is -2.34. The first-order chi connectivity index (χ1) is 16.9. The first kappa shape index (κ1) is 25.0. The lowest BCUT2D eigenvalue weighted by atomic mass is 10.1. The van der Waals surface area contributed by atoms with Crippen molar-refractivity contribution in [2.75, 3.05) is 26.2 Å². The summed E-state index contributed by atoms with van der Waals surface area (Å²) in [5, 5.41) is 8.82. The third-order valence-electron chi connectivity index (χ3n) is 6.46. The zero-order chi connectivity index (χ0) is 24.9. The fraction of sp³-hybridized carbons (Fsp3) is 0.407. The van der Waals surface area contributed by atoms with Crippen LogP contribution in [-0.2, 0) is 9.53 Å². The number of nitriles is 1. The first-order valence-corrected chi connectivity index (χ1v) is 12.5. The van der Waals surface area contributed by atoms with Gasteiger partial charge in [0.2, 0.25) is 0 Å². The highest BCUT2D eigenvalue weighted by Gasteiger charge is 2.25. The van der Waals surface area contributed by atoms with E-state index in [0.29, 0.717) is 29.8 Å². The van der Waals surface area contributed by atoms with Gasteiger partial charge in [-0.05, 0) is 75.7 Å². The molecule has 1 aliphatic heterocycles. The summed E-state index contributed by atoms with van der Waals surface area (Å²) in [5.41, 5.74) is 5.00. The summed E-state index contributed by atoms with van der Waals surface area (Å²) >= 11 is 4.63. The molecule has 0 aliphatic carbocycles. The van der Waals surface area contributed by atoms with Crippen LogP contribution < -0.4 is 0 Å². The smallest absolute Gasteiger partial charge is 0.307 e. The minimum Gasteiger partial charge on any atom is -0.466 e. The average molecular weight is 491 g/mol. The third kappa shape index (κ3) is 5.42. The van der Waals surface area contributed by atoms with Crippen molar-refractivity contribution in [3.8, 4) is 11.8 Å². The molecule has 1 atom stereocenters. The second-order valence-electron chi connectivity index (χ2n) is 8.88. The van der Waals surface area contributed by atoms with E-state index in [2.05, 4.69) is 23.6 Å². The number of benzene rings is 1. The maximum absolute atomic E-state index is 13.5. The van der Waals surface area contributed by atoms with Crippen molar-refractivity contribution in [3.05, 3.63) is 58.9 Å². The number of ketones is 1. The van der Waals surface area contributed by atoms with E-state index in [9.17, 15) is 14.9 Å². The summed E-state index contributed by atoms with van der Waals surface area (Å²) < 4.78 is 7.08. The van der Waals surface area contributed by atoms with Crippen molar-refractivity contribution in [3.63, 3.8) is 0 Å². The maximum Gasteiger partial charge on any atom is 0.307 e. The maximum atomic E-state index is 13.5. The molecule has 8 heteroatoms. The van der Waals surface area contributed by atoms with Crippen molar-refractivity contribution in [2.24, 2.45) is 0 Å². The number of Topliss-reactive ketones (excluding diaryl/α,β-unsaturated/α-hetero) is 1. The zero-order valence-corrected chi connectivity index (χ0v) is 21.1. The largest absolute Gasteiger partial charge is 0.466 e. The number of thiol groups is 1. The summed E-state index contributed by atoms with van der Waals surface area (Å²) in [6, 6.07) is 11.3. The topological polar surface area (TPSA) is 88.2 Å². The van der Waals surface area contributed by atoms with Gasteiger partial charge < -0.3 is 9.30 Å². The molecule has 7 nitrogen and oxygen atoms in total. The van der Waals surface area contributed by atoms with Crippen LogP contribution in [0.3, 0.4) is 0 Å². The van der Waals surface area contributed by atoms with Crippen LogP contribution in [0.15, 0.2) is 36.5 Å². The summed E-state index contributed by atoms with van der Waals surface area (Å²) in [4.78, 5) is 32.4. The third-order valence-corrected chi connectivity index (χ3v) is 6.94. The van der Waals surface area contributed by atoms with Gasteiger partial charge in [-0.2, -0.15) is 17.9 Å². The number of piperidine rings is 1. The Balaban J connectivity index is 1.78. The molecule has 0 saturated carbocycles. The number of esters is 1. The van der Waals surface area contributed by atoms with Gasteiger partial charge in [-0.1, -0.05) is 6.42 Å². The van der Waals surface area contributed by atoms with E-state index in [1.54, 1.807) is 25.3 Å². The molecule has 1 unspecified atom stereocenters. The Morgan fingerprint density at radius 3 is 2.57 bits per heavy atom. The van der Waals surface area contributed by atoms with Crippen LogP contribution in [0.2, 0.25) is 0 Å². The van der Waals surface area contributed by atoms with E-state index in [-0.39, 0.29) is 23.4 Å². The summed E-state index contributed by atoms with van der Waals surface area (Å²) in [6.45, 7) is 6.26. The normalized spacial score (nSPS) is 15.0. The Morgan fingerprint density at radius 2 is 1.91 bits per heavy atom. The molecule has 1 aromatic carbocycles. The van der Waals surface area contributed by atoms with Gasteiger partial charge in [0.25, 0.3) is 0 Å². The van der Waals surface area contributed by atoms with Gasteiger partial charge in [-0.15, -0.1) is 0 Å². The lowest BCUT2D eigenvalue weighted by molar-refractivity contribution is -0.143. The highest BCUT2D eigenvalue weighted by Crippen LogP contribution is 2.33. The molecule has 3 heterocycles. The quantitative estimate of drug-likeness (QED) is 0.277. The molecule has 0 spiro atoms. The Kier molecular flexibility index (Phi) is 7.89. The van der Waals surface area contributed by atoms with E-state index in [0.717, 1.165) is 48.4 Å².